The van der Waals surface area contributed by atoms with Gasteiger partial charge in [0.2, 0.25) is 11.8 Å². The number of amides is 3. The number of ether oxygens (including phenoxy) is 1. The molecule has 40 heavy (non-hydrogen) atoms. The van der Waals surface area contributed by atoms with Crippen molar-refractivity contribution in [3.63, 3.8) is 0 Å². The molecule has 0 aliphatic carbocycles. The number of benzene rings is 2. The number of carboxylic acids is 1. The quantitative estimate of drug-likeness (QED) is 0.213. The fourth-order valence-electron chi connectivity index (χ4n) is 4.28. The molecule has 0 saturated carbocycles. The van der Waals surface area contributed by atoms with E-state index in [-0.39, 0.29) is 18.2 Å². The largest absolute Gasteiger partial charge is 0.483 e. The minimum atomic E-state index is -1.49. The lowest BCUT2D eigenvalue weighted by Crippen LogP contribution is -2.50. The minimum Gasteiger partial charge on any atom is -0.483 e. The molecular weight excluding hydrogens is 514 g/mol. The third-order valence-corrected chi connectivity index (χ3v) is 6.39. The van der Waals surface area contributed by atoms with Gasteiger partial charge in [0.1, 0.15) is 11.8 Å². The van der Waals surface area contributed by atoms with Crippen LogP contribution in [0.2, 0.25) is 0 Å². The lowest BCUT2D eigenvalue weighted by atomic mass is 9.92. The third kappa shape index (κ3) is 10.8. The van der Waals surface area contributed by atoms with E-state index in [1.165, 1.54) is 0 Å². The van der Waals surface area contributed by atoms with Crippen LogP contribution in [0.25, 0.3) is 10.8 Å². The van der Waals surface area contributed by atoms with Crippen molar-refractivity contribution < 1.29 is 34.1 Å². The Balaban J connectivity index is 1.95. The smallest absolute Gasteiger partial charge is 0.326 e. The highest BCUT2D eigenvalue weighted by molar-refractivity contribution is 5.90. The Morgan fingerprint density at radius 2 is 1.52 bits per heavy atom. The van der Waals surface area contributed by atoms with Crippen molar-refractivity contribution in [3.8, 4) is 5.75 Å². The molecule has 0 saturated heterocycles. The Kier molecular flexibility index (Phi) is 12.9. The Hall–Kier alpha value is -3.66. The summed E-state index contributed by atoms with van der Waals surface area (Å²) in [6, 6.07) is 10.7. The summed E-state index contributed by atoms with van der Waals surface area (Å²) >= 11 is 0. The van der Waals surface area contributed by atoms with Crippen LogP contribution in [-0.4, -0.2) is 65.2 Å². The summed E-state index contributed by atoms with van der Waals surface area (Å²) in [5, 5.41) is 30.1. The predicted octanol–water partition coefficient (Wildman–Crippen LogP) is 2.87. The molecule has 3 amide bonds. The topological polar surface area (TPSA) is 154 Å². The number of carbonyl (C=O) groups excluding carboxylic acids is 3. The molecule has 2 rings (SSSR count). The summed E-state index contributed by atoms with van der Waals surface area (Å²) in [6.45, 7) is 9.65. The van der Waals surface area contributed by atoms with Gasteiger partial charge in [0.15, 0.2) is 6.61 Å². The number of aliphatic hydroxyl groups excluding tert-OH is 1. The number of carbonyl (C=O) groups is 4. The molecule has 2 aromatic rings. The maximum Gasteiger partial charge on any atom is 0.326 e. The maximum atomic E-state index is 12.8. The molecule has 10 nitrogen and oxygen atoms in total. The molecule has 220 valence electrons. The number of hydrogen-bond donors (Lipinski definition) is 5. The normalized spacial score (nSPS) is 14.3. The van der Waals surface area contributed by atoms with E-state index in [2.05, 4.69) is 16.0 Å². The molecule has 0 aromatic heterocycles. The highest BCUT2D eigenvalue weighted by Gasteiger charge is 2.29. The number of carboxylic acid groups (broad SMARTS) is 1. The second-order valence-corrected chi connectivity index (χ2v) is 11.1. The van der Waals surface area contributed by atoms with Crippen LogP contribution in [0.5, 0.6) is 5.75 Å². The molecule has 0 heterocycles. The van der Waals surface area contributed by atoms with Gasteiger partial charge in [-0.05, 0) is 36.1 Å². The average Bonchev–Trinajstić information content (AvgIpc) is 2.89. The minimum absolute atomic E-state index is 0.117. The monoisotopic (exact) mass is 557 g/mol. The van der Waals surface area contributed by atoms with Gasteiger partial charge < -0.3 is 30.9 Å². The van der Waals surface area contributed by atoms with Crippen LogP contribution in [0.1, 0.15) is 53.9 Å². The lowest BCUT2D eigenvalue weighted by Gasteiger charge is -2.28. The number of rotatable bonds is 16. The van der Waals surface area contributed by atoms with Crippen LogP contribution in [-0.2, 0) is 19.2 Å². The molecule has 0 spiro atoms. The van der Waals surface area contributed by atoms with E-state index in [9.17, 15) is 29.4 Å². The second-order valence-electron chi connectivity index (χ2n) is 11.1. The first-order valence-electron chi connectivity index (χ1n) is 13.7. The summed E-state index contributed by atoms with van der Waals surface area (Å²) in [7, 11) is 0. The first-order valence-corrected chi connectivity index (χ1v) is 13.7. The van der Waals surface area contributed by atoms with E-state index in [0.717, 1.165) is 10.8 Å². The van der Waals surface area contributed by atoms with E-state index in [1.54, 1.807) is 19.1 Å². The predicted molar refractivity (Wildman–Crippen MR) is 153 cm³/mol. The number of hydrogen-bond acceptors (Lipinski definition) is 6. The molecule has 0 bridgehead atoms. The van der Waals surface area contributed by atoms with Crippen LogP contribution < -0.4 is 20.7 Å². The maximum absolute atomic E-state index is 12.8. The molecule has 0 fully saturated rings. The summed E-state index contributed by atoms with van der Waals surface area (Å²) < 4.78 is 5.62. The van der Waals surface area contributed by atoms with Gasteiger partial charge >= 0.3 is 5.97 Å². The SMILES string of the molecule is CC(C)CNC(=O)[C@H](C)C[C@H](O)[C@H](CC(C)C)NC(=O)C[C@H](NC(=O)COc1cccc2ccccc12)C(=O)O. The van der Waals surface area contributed by atoms with Crippen molar-refractivity contribution in [2.24, 2.45) is 17.8 Å². The van der Waals surface area contributed by atoms with Gasteiger partial charge in [-0.1, -0.05) is 71.0 Å². The van der Waals surface area contributed by atoms with Crippen LogP contribution in [0.4, 0.5) is 0 Å². The number of aliphatic carboxylic acids is 1. The third-order valence-electron chi connectivity index (χ3n) is 6.39. The van der Waals surface area contributed by atoms with Crippen LogP contribution >= 0.6 is 0 Å². The number of fused-ring (bicyclic) bond motifs is 1. The van der Waals surface area contributed by atoms with E-state index >= 15 is 0 Å². The fraction of sp³-hybridized carbons (Fsp3) is 0.533. The van der Waals surface area contributed by atoms with Gasteiger partial charge in [-0.25, -0.2) is 4.79 Å². The Morgan fingerprint density at radius 3 is 2.17 bits per heavy atom. The standard InChI is InChI=1S/C30H43N3O7/c1-18(2)13-23(25(34)14-20(5)29(37)31-16-19(3)4)32-27(35)15-24(30(38)39)33-28(36)17-40-26-12-8-10-21-9-6-7-11-22(21)26/h6-12,18-20,23-25,34H,13-17H2,1-5H3,(H,31,37)(H,32,35)(H,33,36)(H,38,39)/t20-,23+,24+,25+/m1/s1. The molecule has 2 aromatic carbocycles. The second kappa shape index (κ2) is 15.8. The van der Waals surface area contributed by atoms with Gasteiger partial charge in [-0.3, -0.25) is 14.4 Å². The molecule has 0 aliphatic rings. The van der Waals surface area contributed by atoms with Gasteiger partial charge in [0.05, 0.1) is 18.6 Å². The zero-order valence-corrected chi connectivity index (χ0v) is 24.0. The van der Waals surface area contributed by atoms with Crippen molar-refractivity contribution in [3.05, 3.63) is 42.5 Å². The lowest BCUT2D eigenvalue weighted by molar-refractivity contribution is -0.144. The summed E-state index contributed by atoms with van der Waals surface area (Å²) in [6.07, 6.45) is -0.984. The Morgan fingerprint density at radius 1 is 0.850 bits per heavy atom. The van der Waals surface area contributed by atoms with Crippen LogP contribution in [0, 0.1) is 17.8 Å². The summed E-state index contributed by atoms with van der Waals surface area (Å²) in [5.74, 6) is -2.46. The van der Waals surface area contributed by atoms with Crippen molar-refractivity contribution in [1.82, 2.24) is 16.0 Å². The molecular formula is C30H43N3O7. The molecule has 5 N–H and O–H groups in total. The molecule has 10 heteroatoms. The number of aliphatic hydroxyl groups is 1. The first kappa shape index (κ1) is 32.6. The van der Waals surface area contributed by atoms with Gasteiger partial charge in [-0.2, -0.15) is 0 Å². The highest BCUT2D eigenvalue weighted by Crippen LogP contribution is 2.25. The van der Waals surface area contributed by atoms with Crippen molar-refractivity contribution in [1.29, 1.82) is 0 Å². The van der Waals surface area contributed by atoms with E-state index in [1.807, 2.05) is 58.0 Å². The van der Waals surface area contributed by atoms with Gasteiger partial charge in [-0.15, -0.1) is 0 Å². The van der Waals surface area contributed by atoms with Crippen molar-refractivity contribution >= 4 is 34.5 Å². The van der Waals surface area contributed by atoms with E-state index in [0.29, 0.717) is 24.6 Å². The first-order chi connectivity index (χ1) is 18.9. The number of nitrogens with one attached hydrogen (secondary N) is 3. The molecule has 4 atom stereocenters. The van der Waals surface area contributed by atoms with Crippen LogP contribution in [0.3, 0.4) is 0 Å². The van der Waals surface area contributed by atoms with Gasteiger partial charge in [0.25, 0.3) is 5.91 Å². The molecule has 0 radical (unpaired) electrons. The summed E-state index contributed by atoms with van der Waals surface area (Å²) in [4.78, 5) is 49.5. The van der Waals surface area contributed by atoms with Crippen molar-refractivity contribution in [2.75, 3.05) is 13.2 Å². The van der Waals surface area contributed by atoms with Gasteiger partial charge in [0, 0.05) is 17.8 Å². The van der Waals surface area contributed by atoms with E-state index < -0.39 is 54.9 Å². The van der Waals surface area contributed by atoms with Crippen molar-refractivity contribution in [2.45, 2.75) is 72.1 Å². The highest BCUT2D eigenvalue weighted by atomic mass is 16.5. The molecule has 0 unspecified atom stereocenters. The van der Waals surface area contributed by atoms with Crippen LogP contribution in [0.15, 0.2) is 42.5 Å². The Bertz CT molecular complexity index is 1150. The summed E-state index contributed by atoms with van der Waals surface area (Å²) in [5.41, 5.74) is 0. The van der Waals surface area contributed by atoms with E-state index in [4.69, 9.17) is 4.74 Å². The average molecular weight is 558 g/mol. The fourth-order valence-corrected chi connectivity index (χ4v) is 4.28. The zero-order valence-electron chi connectivity index (χ0n) is 24.0. The Labute approximate surface area is 235 Å². The zero-order chi connectivity index (χ0) is 29.8. The molecule has 0 aliphatic heterocycles.